The van der Waals surface area contributed by atoms with E-state index in [0.717, 1.165) is 34.6 Å². The fraction of sp³-hybridized carbons (Fsp3) is 0.350. The average molecular weight is 383 g/mol. The molecule has 1 saturated heterocycles. The van der Waals surface area contributed by atoms with Crippen LogP contribution in [0.25, 0.3) is 0 Å². The molecule has 0 unspecified atom stereocenters. The minimum absolute atomic E-state index is 0.278. The number of urea groups is 1. The molecule has 1 aliphatic heterocycles. The highest BCUT2D eigenvalue weighted by Crippen LogP contribution is 2.41. The summed E-state index contributed by atoms with van der Waals surface area (Å²) in [5, 5.41) is 7.65. The maximum absolute atomic E-state index is 12.9. The van der Waals surface area contributed by atoms with Crippen LogP contribution in [0.5, 0.6) is 0 Å². The number of nitrogens with zero attached hydrogens (tertiary/aromatic N) is 1. The molecule has 1 aromatic heterocycles. The molecule has 2 N–H and O–H groups in total. The Morgan fingerprint density at radius 3 is 2.52 bits per heavy atom. The highest BCUT2D eigenvalue weighted by molar-refractivity contribution is 7.10. The highest BCUT2D eigenvalue weighted by Gasteiger charge is 2.50. The van der Waals surface area contributed by atoms with Gasteiger partial charge in [0.1, 0.15) is 6.54 Å². The van der Waals surface area contributed by atoms with E-state index in [1.807, 2.05) is 47.8 Å². The van der Waals surface area contributed by atoms with Crippen LogP contribution in [0.4, 0.5) is 4.79 Å². The second-order valence-corrected chi connectivity index (χ2v) is 8.22. The number of hydrogen-bond acceptors (Lipinski definition) is 4. The Morgan fingerprint density at radius 1 is 1.19 bits per heavy atom. The standard InChI is InChI=1S/C20H21N3O3S/c1-19(15-9-5-12-27-15)17(25)23(18(26)22-19)13-16(24)21-20(10-6-11-20)14-7-3-2-4-8-14/h2-5,7-9,12H,6,10-11,13H2,1H3,(H,21,24)(H,22,26)/t19-/m1/s1. The van der Waals surface area contributed by atoms with Crippen LogP contribution in [0.15, 0.2) is 47.8 Å². The summed E-state index contributed by atoms with van der Waals surface area (Å²) in [4.78, 5) is 39.7. The maximum Gasteiger partial charge on any atom is 0.325 e. The maximum atomic E-state index is 12.9. The first kappa shape index (κ1) is 17.7. The van der Waals surface area contributed by atoms with E-state index in [1.54, 1.807) is 6.92 Å². The normalized spacial score (nSPS) is 23.7. The van der Waals surface area contributed by atoms with Gasteiger partial charge >= 0.3 is 6.03 Å². The molecule has 0 spiro atoms. The third-order valence-electron chi connectivity index (χ3n) is 5.50. The molecule has 1 aromatic carbocycles. The molecule has 140 valence electrons. The predicted molar refractivity (Wildman–Crippen MR) is 102 cm³/mol. The van der Waals surface area contributed by atoms with Crippen molar-refractivity contribution in [2.45, 2.75) is 37.3 Å². The number of amides is 4. The highest BCUT2D eigenvalue weighted by atomic mass is 32.1. The molecule has 27 heavy (non-hydrogen) atoms. The number of hydrogen-bond donors (Lipinski definition) is 2. The molecule has 2 heterocycles. The van der Waals surface area contributed by atoms with Gasteiger partial charge in [-0.3, -0.25) is 14.5 Å². The van der Waals surface area contributed by atoms with E-state index >= 15 is 0 Å². The van der Waals surface area contributed by atoms with E-state index in [4.69, 9.17) is 0 Å². The molecule has 2 aromatic rings. The van der Waals surface area contributed by atoms with E-state index < -0.39 is 23.0 Å². The van der Waals surface area contributed by atoms with Crippen molar-refractivity contribution in [2.24, 2.45) is 0 Å². The number of imide groups is 1. The molecule has 4 amide bonds. The Morgan fingerprint density at radius 2 is 1.93 bits per heavy atom. The van der Waals surface area contributed by atoms with E-state index in [0.29, 0.717) is 0 Å². The van der Waals surface area contributed by atoms with Crippen molar-refractivity contribution in [1.82, 2.24) is 15.5 Å². The van der Waals surface area contributed by atoms with Gasteiger partial charge in [0, 0.05) is 4.88 Å². The van der Waals surface area contributed by atoms with E-state index in [-0.39, 0.29) is 12.5 Å². The third-order valence-corrected chi connectivity index (χ3v) is 6.59. The van der Waals surface area contributed by atoms with Crippen LogP contribution < -0.4 is 10.6 Å². The second kappa shape index (κ2) is 6.49. The zero-order chi connectivity index (χ0) is 19.1. The van der Waals surface area contributed by atoms with Crippen molar-refractivity contribution in [3.8, 4) is 0 Å². The van der Waals surface area contributed by atoms with Gasteiger partial charge < -0.3 is 10.6 Å². The summed E-state index contributed by atoms with van der Waals surface area (Å²) in [6.07, 6.45) is 2.75. The Hall–Kier alpha value is -2.67. The molecule has 0 bridgehead atoms. The lowest BCUT2D eigenvalue weighted by molar-refractivity contribution is -0.135. The second-order valence-electron chi connectivity index (χ2n) is 7.27. The Labute approximate surface area is 161 Å². The number of nitrogens with one attached hydrogen (secondary N) is 2. The molecule has 2 aliphatic rings. The summed E-state index contributed by atoms with van der Waals surface area (Å²) in [5.41, 5.74) is -0.446. The fourth-order valence-corrected chi connectivity index (χ4v) is 4.63. The van der Waals surface area contributed by atoms with Crippen LogP contribution in [0.2, 0.25) is 0 Å². The predicted octanol–water partition coefficient (Wildman–Crippen LogP) is 2.71. The molecule has 1 atom stereocenters. The monoisotopic (exact) mass is 383 g/mol. The van der Waals surface area contributed by atoms with Gasteiger partial charge in [-0.25, -0.2) is 4.79 Å². The SMILES string of the molecule is C[C@]1(c2cccs2)NC(=O)N(CC(=O)NC2(c3ccccc3)CCC2)C1=O. The summed E-state index contributed by atoms with van der Waals surface area (Å²) in [6, 6.07) is 13.0. The Bertz CT molecular complexity index is 877. The molecular weight excluding hydrogens is 362 g/mol. The van der Waals surface area contributed by atoms with Crippen LogP contribution in [-0.2, 0) is 20.7 Å². The van der Waals surface area contributed by atoms with E-state index in [2.05, 4.69) is 10.6 Å². The van der Waals surface area contributed by atoms with Gasteiger partial charge in [-0.2, -0.15) is 0 Å². The summed E-state index contributed by atoms with van der Waals surface area (Å²) in [6.45, 7) is 1.40. The summed E-state index contributed by atoms with van der Waals surface area (Å²) >= 11 is 1.40. The molecular formula is C20H21N3O3S. The van der Waals surface area contributed by atoms with Gasteiger partial charge in [0.25, 0.3) is 5.91 Å². The minimum atomic E-state index is -1.11. The third kappa shape index (κ3) is 2.92. The van der Waals surface area contributed by atoms with Gasteiger partial charge in [0.15, 0.2) is 5.54 Å². The smallest absolute Gasteiger partial charge is 0.325 e. The van der Waals surface area contributed by atoms with Crippen molar-refractivity contribution in [3.63, 3.8) is 0 Å². The van der Waals surface area contributed by atoms with Gasteiger partial charge in [-0.05, 0) is 43.2 Å². The van der Waals surface area contributed by atoms with Crippen molar-refractivity contribution >= 4 is 29.2 Å². The molecule has 6 nitrogen and oxygen atoms in total. The number of carbonyl (C=O) groups is 3. The first-order valence-corrected chi connectivity index (χ1v) is 9.87. The lowest BCUT2D eigenvalue weighted by Crippen LogP contribution is -2.54. The minimum Gasteiger partial charge on any atom is -0.345 e. The topological polar surface area (TPSA) is 78.5 Å². The van der Waals surface area contributed by atoms with Gasteiger partial charge in [0.05, 0.1) is 5.54 Å². The average Bonchev–Trinajstić information content (AvgIpc) is 3.24. The molecule has 0 radical (unpaired) electrons. The summed E-state index contributed by atoms with van der Waals surface area (Å²) in [7, 11) is 0. The summed E-state index contributed by atoms with van der Waals surface area (Å²) < 4.78 is 0. The fourth-order valence-electron chi connectivity index (χ4n) is 3.79. The number of thiophene rings is 1. The molecule has 2 fully saturated rings. The van der Waals surface area contributed by atoms with Gasteiger partial charge in [-0.1, -0.05) is 36.4 Å². The zero-order valence-corrected chi connectivity index (χ0v) is 15.8. The first-order chi connectivity index (χ1) is 12.9. The van der Waals surface area contributed by atoms with Crippen molar-refractivity contribution in [3.05, 3.63) is 58.3 Å². The van der Waals surface area contributed by atoms with E-state index in [9.17, 15) is 14.4 Å². The molecule has 4 rings (SSSR count). The summed E-state index contributed by atoms with van der Waals surface area (Å²) in [5.74, 6) is -0.718. The Kier molecular flexibility index (Phi) is 4.26. The lowest BCUT2D eigenvalue weighted by atomic mass is 9.72. The zero-order valence-electron chi connectivity index (χ0n) is 15.0. The first-order valence-electron chi connectivity index (χ1n) is 8.99. The van der Waals surface area contributed by atoms with E-state index in [1.165, 1.54) is 11.3 Å². The van der Waals surface area contributed by atoms with Crippen molar-refractivity contribution < 1.29 is 14.4 Å². The number of benzene rings is 1. The Balaban J connectivity index is 1.48. The molecule has 7 heteroatoms. The van der Waals surface area contributed by atoms with Crippen molar-refractivity contribution in [1.29, 1.82) is 0 Å². The van der Waals surface area contributed by atoms with Crippen LogP contribution in [0, 0.1) is 0 Å². The lowest BCUT2D eigenvalue weighted by Gasteiger charge is -2.43. The van der Waals surface area contributed by atoms with Crippen LogP contribution in [0.3, 0.4) is 0 Å². The van der Waals surface area contributed by atoms with Crippen LogP contribution in [-0.4, -0.2) is 29.3 Å². The molecule has 1 aliphatic carbocycles. The number of rotatable bonds is 5. The van der Waals surface area contributed by atoms with Crippen LogP contribution >= 0.6 is 11.3 Å². The molecule has 1 saturated carbocycles. The quantitative estimate of drug-likeness (QED) is 0.780. The van der Waals surface area contributed by atoms with Gasteiger partial charge in [-0.15, -0.1) is 11.3 Å². The largest absolute Gasteiger partial charge is 0.345 e. The van der Waals surface area contributed by atoms with Crippen molar-refractivity contribution in [2.75, 3.05) is 6.54 Å². The van der Waals surface area contributed by atoms with Gasteiger partial charge in [0.2, 0.25) is 5.91 Å². The van der Waals surface area contributed by atoms with Crippen LogP contribution in [0.1, 0.15) is 36.6 Å². The number of carbonyl (C=O) groups excluding carboxylic acids is 3.